The van der Waals surface area contributed by atoms with Crippen LogP contribution in [0.5, 0.6) is 5.75 Å². The summed E-state index contributed by atoms with van der Waals surface area (Å²) in [6, 6.07) is 12.9. The number of fused-ring (bicyclic) bond motifs is 1. The second-order valence-electron chi connectivity index (χ2n) is 5.78. The number of aromatic nitrogens is 1. The standard InChI is InChI=1S/C18H18FN3OS/c1-23-15-5-3-14(4-6-15)21-8-10-22(11-9-21)18-20-16-7-2-13(19)12-17(16)24-18/h2-7,12H,8-11H2,1H3. The molecule has 4 rings (SSSR count). The van der Waals surface area contributed by atoms with Gasteiger partial charge in [-0.3, -0.25) is 0 Å². The Hall–Kier alpha value is -2.34. The predicted molar refractivity (Wildman–Crippen MR) is 97.0 cm³/mol. The van der Waals surface area contributed by atoms with Crippen molar-refractivity contribution in [3.63, 3.8) is 0 Å². The maximum atomic E-state index is 13.3. The fourth-order valence-corrected chi connectivity index (χ4v) is 4.01. The Bertz CT molecular complexity index is 841. The van der Waals surface area contributed by atoms with Crippen molar-refractivity contribution < 1.29 is 9.13 Å². The summed E-state index contributed by atoms with van der Waals surface area (Å²) in [5, 5.41) is 0.977. The quantitative estimate of drug-likeness (QED) is 0.724. The van der Waals surface area contributed by atoms with Gasteiger partial charge in [0.15, 0.2) is 5.13 Å². The highest BCUT2D eigenvalue weighted by molar-refractivity contribution is 7.22. The molecule has 2 aromatic carbocycles. The Morgan fingerprint density at radius 2 is 1.71 bits per heavy atom. The van der Waals surface area contributed by atoms with Gasteiger partial charge in [0.05, 0.1) is 17.3 Å². The number of hydrogen-bond acceptors (Lipinski definition) is 5. The van der Waals surface area contributed by atoms with Crippen molar-refractivity contribution in [1.29, 1.82) is 0 Å². The van der Waals surface area contributed by atoms with Crippen molar-refractivity contribution in [3.05, 3.63) is 48.3 Å². The Morgan fingerprint density at radius 3 is 2.42 bits per heavy atom. The van der Waals surface area contributed by atoms with Crippen molar-refractivity contribution in [1.82, 2.24) is 4.98 Å². The zero-order chi connectivity index (χ0) is 16.5. The summed E-state index contributed by atoms with van der Waals surface area (Å²) >= 11 is 1.56. The molecule has 3 aromatic rings. The Balaban J connectivity index is 1.46. The van der Waals surface area contributed by atoms with Crippen LogP contribution in [0.4, 0.5) is 15.2 Å². The molecule has 0 radical (unpaired) electrons. The van der Waals surface area contributed by atoms with Gasteiger partial charge in [0.2, 0.25) is 0 Å². The molecular formula is C18H18FN3OS. The van der Waals surface area contributed by atoms with E-state index in [0.29, 0.717) is 0 Å². The van der Waals surface area contributed by atoms with Gasteiger partial charge in [0.25, 0.3) is 0 Å². The van der Waals surface area contributed by atoms with Crippen LogP contribution in [-0.2, 0) is 0 Å². The van der Waals surface area contributed by atoms with E-state index in [2.05, 4.69) is 26.9 Å². The summed E-state index contributed by atoms with van der Waals surface area (Å²) in [7, 11) is 1.68. The molecule has 24 heavy (non-hydrogen) atoms. The van der Waals surface area contributed by atoms with Crippen molar-refractivity contribution >= 4 is 32.4 Å². The molecule has 1 aromatic heterocycles. The van der Waals surface area contributed by atoms with E-state index in [4.69, 9.17) is 4.74 Å². The van der Waals surface area contributed by atoms with Crippen LogP contribution in [-0.4, -0.2) is 38.3 Å². The minimum atomic E-state index is -0.206. The van der Waals surface area contributed by atoms with Crippen LogP contribution >= 0.6 is 11.3 Å². The summed E-state index contributed by atoms with van der Waals surface area (Å²) in [5.74, 6) is 0.668. The predicted octanol–water partition coefficient (Wildman–Crippen LogP) is 3.77. The van der Waals surface area contributed by atoms with Gasteiger partial charge < -0.3 is 14.5 Å². The molecule has 1 fully saturated rings. The van der Waals surface area contributed by atoms with Crippen molar-refractivity contribution in [2.45, 2.75) is 0 Å². The van der Waals surface area contributed by atoms with E-state index in [1.165, 1.54) is 11.8 Å². The molecule has 0 bridgehead atoms. The van der Waals surface area contributed by atoms with E-state index in [0.717, 1.165) is 47.3 Å². The normalized spacial score (nSPS) is 15.1. The second kappa shape index (κ2) is 6.28. The number of thiazole rings is 1. The number of piperazine rings is 1. The van der Waals surface area contributed by atoms with Crippen molar-refractivity contribution in [2.75, 3.05) is 43.1 Å². The minimum absolute atomic E-state index is 0.206. The number of methoxy groups -OCH3 is 1. The molecular weight excluding hydrogens is 325 g/mol. The molecule has 0 amide bonds. The fourth-order valence-electron chi connectivity index (χ4n) is 2.97. The van der Waals surface area contributed by atoms with Crippen LogP contribution < -0.4 is 14.5 Å². The molecule has 1 aliphatic rings. The van der Waals surface area contributed by atoms with Gasteiger partial charge >= 0.3 is 0 Å². The fraction of sp³-hybridized carbons (Fsp3) is 0.278. The van der Waals surface area contributed by atoms with Gasteiger partial charge in [-0.15, -0.1) is 0 Å². The lowest BCUT2D eigenvalue weighted by atomic mass is 10.2. The average molecular weight is 343 g/mol. The minimum Gasteiger partial charge on any atom is -0.497 e. The van der Waals surface area contributed by atoms with Gasteiger partial charge in [0.1, 0.15) is 11.6 Å². The van der Waals surface area contributed by atoms with Crippen LogP contribution in [0.25, 0.3) is 10.2 Å². The first-order chi connectivity index (χ1) is 11.7. The van der Waals surface area contributed by atoms with E-state index in [1.807, 2.05) is 12.1 Å². The van der Waals surface area contributed by atoms with Gasteiger partial charge in [-0.2, -0.15) is 0 Å². The number of ether oxygens (including phenoxy) is 1. The molecule has 1 aliphatic heterocycles. The number of nitrogens with zero attached hydrogens (tertiary/aromatic N) is 3. The lowest BCUT2D eigenvalue weighted by Gasteiger charge is -2.36. The summed E-state index contributed by atoms with van der Waals surface area (Å²) in [6.07, 6.45) is 0. The third-order valence-electron chi connectivity index (χ3n) is 4.33. The molecule has 2 heterocycles. The molecule has 0 aliphatic carbocycles. The van der Waals surface area contributed by atoms with E-state index in [-0.39, 0.29) is 5.82 Å². The molecule has 0 atom stereocenters. The van der Waals surface area contributed by atoms with Crippen LogP contribution in [0.2, 0.25) is 0 Å². The SMILES string of the molecule is COc1ccc(N2CCN(c3nc4ccc(F)cc4s3)CC2)cc1. The highest BCUT2D eigenvalue weighted by Gasteiger charge is 2.20. The third kappa shape index (κ3) is 2.89. The molecule has 6 heteroatoms. The lowest BCUT2D eigenvalue weighted by Crippen LogP contribution is -2.46. The first-order valence-corrected chi connectivity index (χ1v) is 8.74. The summed E-state index contributed by atoms with van der Waals surface area (Å²) in [4.78, 5) is 9.29. The largest absolute Gasteiger partial charge is 0.497 e. The summed E-state index contributed by atoms with van der Waals surface area (Å²) in [5.41, 5.74) is 2.08. The Labute approximate surface area is 144 Å². The first-order valence-electron chi connectivity index (χ1n) is 7.93. The molecule has 4 nitrogen and oxygen atoms in total. The average Bonchev–Trinajstić information content (AvgIpc) is 3.05. The van der Waals surface area contributed by atoms with E-state index < -0.39 is 0 Å². The van der Waals surface area contributed by atoms with Gasteiger partial charge in [-0.25, -0.2) is 9.37 Å². The van der Waals surface area contributed by atoms with Crippen molar-refractivity contribution in [2.24, 2.45) is 0 Å². The zero-order valence-electron chi connectivity index (χ0n) is 13.4. The van der Waals surface area contributed by atoms with Gasteiger partial charge in [-0.05, 0) is 42.5 Å². The van der Waals surface area contributed by atoms with Gasteiger partial charge in [0, 0.05) is 31.9 Å². The second-order valence-corrected chi connectivity index (χ2v) is 6.79. The molecule has 124 valence electrons. The smallest absolute Gasteiger partial charge is 0.186 e. The molecule has 1 saturated heterocycles. The highest BCUT2D eigenvalue weighted by Crippen LogP contribution is 2.30. The molecule has 0 saturated carbocycles. The number of halogens is 1. The monoisotopic (exact) mass is 343 g/mol. The topological polar surface area (TPSA) is 28.6 Å². The zero-order valence-corrected chi connectivity index (χ0v) is 14.2. The number of rotatable bonds is 3. The highest BCUT2D eigenvalue weighted by atomic mass is 32.1. The number of hydrogen-bond donors (Lipinski definition) is 0. The Morgan fingerprint density at radius 1 is 1.00 bits per heavy atom. The first kappa shape index (κ1) is 15.2. The van der Waals surface area contributed by atoms with Crippen molar-refractivity contribution in [3.8, 4) is 5.75 Å². The molecule has 0 spiro atoms. The number of benzene rings is 2. The maximum Gasteiger partial charge on any atom is 0.186 e. The third-order valence-corrected chi connectivity index (χ3v) is 5.41. The van der Waals surface area contributed by atoms with Crippen LogP contribution in [0, 0.1) is 5.82 Å². The van der Waals surface area contributed by atoms with Crippen LogP contribution in [0.15, 0.2) is 42.5 Å². The maximum absolute atomic E-state index is 13.3. The van der Waals surface area contributed by atoms with E-state index in [1.54, 1.807) is 30.6 Å². The molecule has 0 N–H and O–H groups in total. The summed E-state index contributed by atoms with van der Waals surface area (Å²) in [6.45, 7) is 3.70. The molecule has 0 unspecified atom stereocenters. The van der Waals surface area contributed by atoms with E-state index in [9.17, 15) is 4.39 Å². The Kier molecular flexibility index (Phi) is 3.98. The van der Waals surface area contributed by atoms with Crippen LogP contribution in [0.1, 0.15) is 0 Å². The lowest BCUT2D eigenvalue weighted by molar-refractivity contribution is 0.415. The number of anilines is 2. The summed E-state index contributed by atoms with van der Waals surface area (Å²) < 4.78 is 19.4. The van der Waals surface area contributed by atoms with Gasteiger partial charge in [-0.1, -0.05) is 11.3 Å². The van der Waals surface area contributed by atoms with Crippen LogP contribution in [0.3, 0.4) is 0 Å². The van der Waals surface area contributed by atoms with E-state index >= 15 is 0 Å².